The second-order valence-corrected chi connectivity index (χ2v) is 5.36. The van der Waals surface area contributed by atoms with Gasteiger partial charge in [0, 0.05) is 0 Å². The van der Waals surface area contributed by atoms with Gasteiger partial charge in [0.1, 0.15) is 11.3 Å². The summed E-state index contributed by atoms with van der Waals surface area (Å²) < 4.78 is 49.6. The number of halogens is 4. The molecule has 0 bridgehead atoms. The van der Waals surface area contributed by atoms with E-state index in [1.807, 2.05) is 0 Å². The summed E-state index contributed by atoms with van der Waals surface area (Å²) in [6.07, 6.45) is -4.72. The van der Waals surface area contributed by atoms with E-state index in [9.17, 15) is 22.8 Å². The monoisotopic (exact) mass is 375 g/mol. The number of fused-ring (bicyclic) bond motifs is 1. The van der Waals surface area contributed by atoms with Crippen molar-refractivity contribution in [2.75, 3.05) is 20.7 Å². The second-order valence-electron chi connectivity index (χ2n) is 4.95. The van der Waals surface area contributed by atoms with Crippen LogP contribution in [-0.4, -0.2) is 32.6 Å². The number of alkyl halides is 3. The van der Waals surface area contributed by atoms with Gasteiger partial charge in [0.25, 0.3) is 0 Å². The molecule has 5 nitrogen and oxygen atoms in total. The molecule has 0 unspecified atom stereocenters. The quantitative estimate of drug-likeness (QED) is 0.655. The maximum atomic E-state index is 13.4. The van der Waals surface area contributed by atoms with Crippen LogP contribution in [0.5, 0.6) is 5.75 Å². The molecule has 0 aliphatic heterocycles. The van der Waals surface area contributed by atoms with Crippen molar-refractivity contribution in [3.05, 3.63) is 40.4 Å². The third-order valence-corrected chi connectivity index (χ3v) is 3.66. The fraction of sp³-hybridized carbons (Fsp3) is 0.250. The molecule has 0 saturated carbocycles. The number of likely N-dealkylation sites (N-methyl/N-ethyl adjacent to an activating group) is 1. The molecule has 0 aromatic heterocycles. The zero-order valence-corrected chi connectivity index (χ0v) is 13.9. The highest BCUT2D eigenvalue weighted by molar-refractivity contribution is 6.35. The van der Waals surface area contributed by atoms with Crippen molar-refractivity contribution in [1.82, 2.24) is 5.32 Å². The van der Waals surface area contributed by atoms with E-state index in [0.29, 0.717) is 0 Å². The first-order chi connectivity index (χ1) is 11.7. The molecule has 0 heterocycles. The minimum atomic E-state index is -4.72. The highest BCUT2D eigenvalue weighted by Crippen LogP contribution is 2.42. The first-order valence-electron chi connectivity index (χ1n) is 6.96. The third-order valence-electron chi connectivity index (χ3n) is 3.35. The number of carbonyl (C=O) groups excluding carboxylic acids is 2. The zero-order chi connectivity index (χ0) is 18.8. The Balaban J connectivity index is 2.68. The minimum Gasteiger partial charge on any atom is -0.496 e. The predicted molar refractivity (Wildman–Crippen MR) is 84.9 cm³/mol. The Morgan fingerprint density at radius 1 is 1.16 bits per heavy atom. The van der Waals surface area contributed by atoms with Crippen LogP contribution in [0, 0.1) is 0 Å². The Hall–Kier alpha value is -2.32. The topological polar surface area (TPSA) is 64.6 Å². The van der Waals surface area contributed by atoms with Gasteiger partial charge in [0.15, 0.2) is 0 Å². The van der Waals surface area contributed by atoms with Gasteiger partial charge in [-0.1, -0.05) is 17.7 Å². The van der Waals surface area contributed by atoms with E-state index in [2.05, 4.69) is 10.1 Å². The number of esters is 2. The lowest BCUT2D eigenvalue weighted by Crippen LogP contribution is -2.24. The fourth-order valence-electron chi connectivity index (χ4n) is 2.36. The Kier molecular flexibility index (Phi) is 5.54. The van der Waals surface area contributed by atoms with Crippen LogP contribution in [0.15, 0.2) is 24.3 Å². The molecule has 0 fully saturated rings. The first kappa shape index (κ1) is 19.0. The molecule has 1 N–H and O–H groups in total. The average molecular weight is 376 g/mol. The van der Waals surface area contributed by atoms with E-state index in [4.69, 9.17) is 16.3 Å². The average Bonchev–Trinajstić information content (AvgIpc) is 2.52. The summed E-state index contributed by atoms with van der Waals surface area (Å²) in [5.74, 6) is -2.41. The van der Waals surface area contributed by atoms with Gasteiger partial charge < -0.3 is 14.8 Å². The summed E-state index contributed by atoms with van der Waals surface area (Å²) in [6, 6.07) is 4.61. The molecule has 134 valence electrons. The molecule has 0 atom stereocenters. The number of benzene rings is 2. The summed E-state index contributed by atoms with van der Waals surface area (Å²) in [5, 5.41) is 1.98. The largest absolute Gasteiger partial charge is 0.496 e. The Morgan fingerprint density at radius 2 is 1.80 bits per heavy atom. The van der Waals surface area contributed by atoms with Gasteiger partial charge >= 0.3 is 18.1 Å². The van der Waals surface area contributed by atoms with Crippen LogP contribution >= 0.6 is 11.6 Å². The first-order valence-corrected chi connectivity index (χ1v) is 7.34. The van der Waals surface area contributed by atoms with Crippen molar-refractivity contribution in [1.29, 1.82) is 0 Å². The Bertz CT molecular complexity index is 836. The summed E-state index contributed by atoms with van der Waals surface area (Å²) >= 11 is 5.96. The maximum absolute atomic E-state index is 13.4. The van der Waals surface area contributed by atoms with Crippen LogP contribution in [0.25, 0.3) is 10.8 Å². The second kappa shape index (κ2) is 7.28. The van der Waals surface area contributed by atoms with E-state index in [1.165, 1.54) is 13.1 Å². The van der Waals surface area contributed by atoms with Gasteiger partial charge in [0.2, 0.25) is 0 Å². The van der Waals surface area contributed by atoms with Crippen LogP contribution in [0.4, 0.5) is 13.2 Å². The molecule has 2 aromatic rings. The number of hydrogen-bond donors (Lipinski definition) is 1. The summed E-state index contributed by atoms with van der Waals surface area (Å²) in [5.41, 5.74) is -1.36. The molecule has 0 aliphatic carbocycles. The predicted octanol–water partition coefficient (Wildman–Crippen LogP) is 3.42. The highest BCUT2D eigenvalue weighted by atomic mass is 35.5. The van der Waals surface area contributed by atoms with Crippen LogP contribution in [0.3, 0.4) is 0 Å². The third kappa shape index (κ3) is 3.85. The molecule has 9 heteroatoms. The number of hydrogen-bond acceptors (Lipinski definition) is 5. The van der Waals surface area contributed by atoms with Crippen LogP contribution < -0.4 is 10.1 Å². The summed E-state index contributed by atoms with van der Waals surface area (Å²) in [4.78, 5) is 23.7. The van der Waals surface area contributed by atoms with E-state index >= 15 is 0 Å². The Morgan fingerprint density at radius 3 is 2.36 bits per heavy atom. The molecule has 25 heavy (non-hydrogen) atoms. The van der Waals surface area contributed by atoms with Gasteiger partial charge in [-0.3, -0.25) is 4.79 Å². The number of methoxy groups -OCH3 is 1. The van der Waals surface area contributed by atoms with E-state index in [-0.39, 0.29) is 27.9 Å². The van der Waals surface area contributed by atoms with Gasteiger partial charge in [-0.25, -0.2) is 4.79 Å². The standard InChI is InChI=1S/C16H13ClF3NO4/c1-21-7-12(22)25-15(23)13-8-4-6-11(24-2)14(16(18,19)20)9(8)3-5-10(13)17/h3-6,21H,7H2,1-2H3. The van der Waals surface area contributed by atoms with Crippen molar-refractivity contribution >= 4 is 34.3 Å². The van der Waals surface area contributed by atoms with Gasteiger partial charge in [-0.15, -0.1) is 0 Å². The lowest BCUT2D eigenvalue weighted by molar-refractivity contribution is -0.138. The molecule has 0 saturated heterocycles. The van der Waals surface area contributed by atoms with Crippen molar-refractivity contribution in [2.24, 2.45) is 0 Å². The number of carbonyl (C=O) groups is 2. The number of rotatable bonds is 4. The smallest absolute Gasteiger partial charge is 0.420 e. The maximum Gasteiger partial charge on any atom is 0.420 e. The van der Waals surface area contributed by atoms with Crippen LogP contribution in [-0.2, 0) is 15.7 Å². The lowest BCUT2D eigenvalue weighted by Gasteiger charge is -2.16. The Labute approximate surface area is 145 Å². The SMILES string of the molecule is CNCC(=O)OC(=O)c1c(Cl)ccc2c(C(F)(F)F)c(OC)ccc12. The summed E-state index contributed by atoms with van der Waals surface area (Å²) in [7, 11) is 2.58. The molecule has 0 amide bonds. The number of ether oxygens (including phenoxy) is 2. The van der Waals surface area contributed by atoms with Crippen LogP contribution in [0.1, 0.15) is 15.9 Å². The van der Waals surface area contributed by atoms with Crippen molar-refractivity contribution in [2.45, 2.75) is 6.18 Å². The van der Waals surface area contributed by atoms with Crippen molar-refractivity contribution in [3.63, 3.8) is 0 Å². The highest BCUT2D eigenvalue weighted by Gasteiger charge is 2.37. The fourth-order valence-corrected chi connectivity index (χ4v) is 2.61. The van der Waals surface area contributed by atoms with E-state index < -0.39 is 29.4 Å². The van der Waals surface area contributed by atoms with E-state index in [1.54, 1.807) is 0 Å². The lowest BCUT2D eigenvalue weighted by atomic mass is 9.98. The molecule has 0 spiro atoms. The van der Waals surface area contributed by atoms with E-state index in [0.717, 1.165) is 25.3 Å². The summed E-state index contributed by atoms with van der Waals surface area (Å²) in [6.45, 7) is -0.240. The molecule has 0 radical (unpaired) electrons. The molecule has 2 rings (SSSR count). The van der Waals surface area contributed by atoms with Gasteiger partial charge in [-0.05, 0) is 36.0 Å². The minimum absolute atomic E-state index is 0.0946. The molecule has 0 aliphatic rings. The van der Waals surface area contributed by atoms with Crippen LogP contribution in [0.2, 0.25) is 5.02 Å². The van der Waals surface area contributed by atoms with Gasteiger partial charge in [0.05, 0.1) is 24.2 Å². The number of nitrogens with one attached hydrogen (secondary N) is 1. The molecular weight excluding hydrogens is 363 g/mol. The van der Waals surface area contributed by atoms with Crippen molar-refractivity contribution in [3.8, 4) is 5.75 Å². The van der Waals surface area contributed by atoms with Crippen molar-refractivity contribution < 1.29 is 32.2 Å². The molecule has 2 aromatic carbocycles. The zero-order valence-electron chi connectivity index (χ0n) is 13.2. The molecular formula is C16H13ClF3NO4. The normalized spacial score (nSPS) is 11.4. The van der Waals surface area contributed by atoms with Gasteiger partial charge in [-0.2, -0.15) is 13.2 Å².